The van der Waals surface area contributed by atoms with Crippen LogP contribution in [0.25, 0.3) is 78.6 Å². The van der Waals surface area contributed by atoms with E-state index < -0.39 is 17.5 Å². The molecule has 1 aliphatic rings. The van der Waals surface area contributed by atoms with Gasteiger partial charge >= 0.3 is 0 Å². The van der Waals surface area contributed by atoms with Crippen molar-refractivity contribution in [2.75, 3.05) is 21.3 Å². The van der Waals surface area contributed by atoms with Gasteiger partial charge in [-0.05, 0) is 103 Å². The van der Waals surface area contributed by atoms with Crippen LogP contribution >= 0.6 is 0 Å². The molecular formula is C40H29F3N4O3. The van der Waals surface area contributed by atoms with E-state index in [0.717, 1.165) is 0 Å². The highest BCUT2D eigenvalue weighted by Crippen LogP contribution is 2.39. The van der Waals surface area contributed by atoms with E-state index in [2.05, 4.69) is 15.0 Å². The smallest absolute Gasteiger partial charge is 0.131 e. The molecule has 4 aromatic heterocycles. The number of hydrogen-bond acceptors (Lipinski definition) is 4. The number of aromatic amines is 3. The summed E-state index contributed by atoms with van der Waals surface area (Å²) >= 11 is 0. The van der Waals surface area contributed by atoms with Crippen LogP contribution in [-0.2, 0) is 0 Å². The zero-order valence-corrected chi connectivity index (χ0v) is 27.1. The summed E-state index contributed by atoms with van der Waals surface area (Å²) in [6, 6.07) is 24.5. The highest BCUT2D eigenvalue weighted by Gasteiger charge is 2.20. The number of nitrogens with zero attached hydrogens (tertiary/aromatic N) is 1. The predicted octanol–water partition coefficient (Wildman–Crippen LogP) is 10.1. The Morgan fingerprint density at radius 3 is 1.18 bits per heavy atom. The van der Waals surface area contributed by atoms with E-state index in [1.807, 2.05) is 42.5 Å². The van der Waals surface area contributed by atoms with Crippen molar-refractivity contribution in [2.24, 2.45) is 0 Å². The fourth-order valence-electron chi connectivity index (χ4n) is 6.48. The summed E-state index contributed by atoms with van der Waals surface area (Å²) in [6.07, 6.45) is 3.64. The number of nitrogens with one attached hydrogen (secondary N) is 3. The Morgan fingerprint density at radius 1 is 0.420 bits per heavy atom. The quantitative estimate of drug-likeness (QED) is 0.164. The van der Waals surface area contributed by atoms with Gasteiger partial charge in [0.1, 0.15) is 34.7 Å². The number of halogens is 3. The fraction of sp³-hybridized carbons (Fsp3) is 0.0750. The van der Waals surface area contributed by atoms with E-state index in [0.29, 0.717) is 78.4 Å². The molecule has 1 aliphatic heterocycles. The minimum atomic E-state index is -0.492. The van der Waals surface area contributed by atoms with Crippen LogP contribution in [0.3, 0.4) is 0 Å². The summed E-state index contributed by atoms with van der Waals surface area (Å²) in [6.45, 7) is 0. The lowest BCUT2D eigenvalue weighted by molar-refractivity contribution is 0.414. The summed E-state index contributed by atoms with van der Waals surface area (Å²) in [4.78, 5) is 15.2. The van der Waals surface area contributed by atoms with E-state index >= 15 is 13.2 Å². The van der Waals surface area contributed by atoms with E-state index in [1.165, 1.54) is 39.5 Å². The van der Waals surface area contributed by atoms with Crippen molar-refractivity contribution in [3.8, 4) is 50.6 Å². The van der Waals surface area contributed by atoms with Crippen LogP contribution in [0, 0.1) is 17.5 Å². The van der Waals surface area contributed by atoms with Crippen LogP contribution in [-0.4, -0.2) is 41.3 Å². The lowest BCUT2D eigenvalue weighted by Gasteiger charge is -2.09. The normalized spacial score (nSPS) is 11.7. The van der Waals surface area contributed by atoms with Crippen LogP contribution in [0.2, 0.25) is 0 Å². The van der Waals surface area contributed by atoms with Gasteiger partial charge in [-0.3, -0.25) is 0 Å². The molecule has 3 aromatic carbocycles. The third-order valence-electron chi connectivity index (χ3n) is 8.91. The molecule has 0 radical (unpaired) electrons. The van der Waals surface area contributed by atoms with Crippen LogP contribution in [0.4, 0.5) is 13.2 Å². The van der Waals surface area contributed by atoms with Gasteiger partial charge in [0.25, 0.3) is 0 Å². The Labute approximate surface area is 284 Å². The molecule has 10 heteroatoms. The maximum Gasteiger partial charge on any atom is 0.131 e. The molecule has 7 aromatic rings. The SMILES string of the molecule is COc1ccc(F)c(-c2c3nc(c4ccc([nH]4)c(-c4cc(OC)ccc4F)c4ccc([nH]4)c(-c4cc(OC)ccc4F)c4ccc2[nH]4)C=C3)c1. The molecule has 5 heterocycles. The number of benzene rings is 3. The minimum Gasteiger partial charge on any atom is -0.497 e. The van der Waals surface area contributed by atoms with Gasteiger partial charge < -0.3 is 29.2 Å². The maximum atomic E-state index is 15.9. The van der Waals surface area contributed by atoms with Gasteiger partial charge in [0.2, 0.25) is 0 Å². The number of fused-ring (bicyclic) bond motifs is 9. The molecule has 0 fully saturated rings. The highest BCUT2D eigenvalue weighted by atomic mass is 19.1. The third kappa shape index (κ3) is 5.22. The highest BCUT2D eigenvalue weighted by molar-refractivity contribution is 6.00. The Balaban J connectivity index is 1.58. The van der Waals surface area contributed by atoms with Crippen LogP contribution in [0.1, 0.15) is 11.4 Å². The van der Waals surface area contributed by atoms with Gasteiger partial charge in [-0.25, -0.2) is 18.2 Å². The van der Waals surface area contributed by atoms with E-state index in [9.17, 15) is 0 Å². The molecule has 0 spiro atoms. The van der Waals surface area contributed by atoms with Crippen LogP contribution in [0.15, 0.2) is 91.0 Å². The van der Waals surface area contributed by atoms with Crippen LogP contribution in [0.5, 0.6) is 17.2 Å². The average Bonchev–Trinajstić information content (AvgIpc) is 3.96. The van der Waals surface area contributed by atoms with Crippen molar-refractivity contribution in [2.45, 2.75) is 0 Å². The van der Waals surface area contributed by atoms with Gasteiger partial charge in [0.15, 0.2) is 0 Å². The third-order valence-corrected chi connectivity index (χ3v) is 8.91. The largest absolute Gasteiger partial charge is 0.497 e. The summed E-state index contributed by atoms with van der Waals surface area (Å²) in [7, 11) is 4.55. The monoisotopic (exact) mass is 670 g/mol. The van der Waals surface area contributed by atoms with Gasteiger partial charge in [-0.2, -0.15) is 0 Å². The fourth-order valence-corrected chi connectivity index (χ4v) is 6.48. The predicted molar refractivity (Wildman–Crippen MR) is 191 cm³/mol. The average molecular weight is 671 g/mol. The first-order valence-electron chi connectivity index (χ1n) is 15.7. The van der Waals surface area contributed by atoms with Gasteiger partial charge in [0.05, 0.1) is 38.2 Å². The molecule has 248 valence electrons. The Bertz CT molecular complexity index is 2620. The molecule has 7 nitrogen and oxygen atoms in total. The number of methoxy groups -OCH3 is 3. The molecule has 0 saturated carbocycles. The van der Waals surface area contributed by atoms with Crippen molar-refractivity contribution < 1.29 is 27.4 Å². The number of rotatable bonds is 6. The number of ether oxygens (including phenoxy) is 3. The second-order valence-corrected chi connectivity index (χ2v) is 11.7. The first kappa shape index (κ1) is 30.9. The van der Waals surface area contributed by atoms with Gasteiger partial charge in [-0.15, -0.1) is 0 Å². The molecule has 0 aliphatic carbocycles. The molecule has 3 N–H and O–H groups in total. The van der Waals surface area contributed by atoms with Crippen molar-refractivity contribution in [3.05, 3.63) is 120 Å². The first-order valence-corrected chi connectivity index (χ1v) is 15.7. The van der Waals surface area contributed by atoms with E-state index in [-0.39, 0.29) is 16.7 Å². The minimum absolute atomic E-state index is 0.245. The molecule has 8 bridgehead atoms. The Hall–Kier alpha value is -6.42. The van der Waals surface area contributed by atoms with Crippen LogP contribution < -0.4 is 14.2 Å². The lowest BCUT2D eigenvalue weighted by Crippen LogP contribution is -1.92. The van der Waals surface area contributed by atoms with Crippen molar-refractivity contribution in [1.82, 2.24) is 19.9 Å². The van der Waals surface area contributed by atoms with E-state index in [1.54, 1.807) is 42.5 Å². The summed E-state index contributed by atoms with van der Waals surface area (Å²) in [5.74, 6) is -0.0341. The van der Waals surface area contributed by atoms with Gasteiger partial charge in [0, 0.05) is 61.0 Å². The van der Waals surface area contributed by atoms with Gasteiger partial charge in [-0.1, -0.05) is 0 Å². The van der Waals surface area contributed by atoms with Crippen molar-refractivity contribution in [1.29, 1.82) is 0 Å². The zero-order valence-electron chi connectivity index (χ0n) is 27.1. The topological polar surface area (TPSA) is 87.9 Å². The second-order valence-electron chi connectivity index (χ2n) is 11.7. The molecule has 8 rings (SSSR count). The standard InChI is InChI=1S/C40H29F3N4O3/c1-48-21-4-7-27(41)24(18-21)38-32-12-10-30(44-32)31-11-13-33(45-31)39(25-19-22(49-2)5-8-28(25)42)35-15-17-37(47-35)40(36-16-14-34(38)46-36)26-20-23(50-3)6-9-29(26)43/h4-20,44,46-47H,1-3H3. The molecule has 0 atom stereocenters. The Morgan fingerprint density at radius 2 is 0.760 bits per heavy atom. The molecule has 0 saturated heterocycles. The molecular weight excluding hydrogens is 641 g/mol. The number of hydrogen-bond donors (Lipinski definition) is 3. The summed E-state index contributed by atoms with van der Waals surface area (Å²) in [5.41, 5.74) is 6.76. The lowest BCUT2D eigenvalue weighted by atomic mass is 10.0. The molecule has 0 amide bonds. The molecule has 0 unspecified atom stereocenters. The zero-order chi connectivity index (χ0) is 34.5. The number of H-pyrrole nitrogens is 3. The summed E-state index contributed by atoms with van der Waals surface area (Å²) in [5, 5.41) is 0. The number of aromatic nitrogens is 4. The summed E-state index contributed by atoms with van der Waals surface area (Å²) < 4.78 is 63.7. The first-order chi connectivity index (χ1) is 24.3. The van der Waals surface area contributed by atoms with E-state index in [4.69, 9.17) is 19.2 Å². The maximum absolute atomic E-state index is 15.9. The second kappa shape index (κ2) is 12.2. The Kier molecular flexibility index (Phi) is 7.56. The molecule has 50 heavy (non-hydrogen) atoms. The van der Waals surface area contributed by atoms with Crippen molar-refractivity contribution >= 4 is 45.3 Å². The van der Waals surface area contributed by atoms with Crippen molar-refractivity contribution in [3.63, 3.8) is 0 Å².